The lowest BCUT2D eigenvalue weighted by molar-refractivity contribution is -0.132. The predicted octanol–water partition coefficient (Wildman–Crippen LogP) is 1.71. The van der Waals surface area contributed by atoms with Crippen LogP contribution in [0.2, 0.25) is 0 Å². The summed E-state index contributed by atoms with van der Waals surface area (Å²) in [6.45, 7) is 4.05. The second-order valence-electron chi connectivity index (χ2n) is 6.24. The second kappa shape index (κ2) is 7.70. The van der Waals surface area contributed by atoms with Crippen LogP contribution in [0.1, 0.15) is 18.4 Å². The molecule has 0 N–H and O–H groups in total. The number of nitrogens with zero attached hydrogens (tertiary/aromatic N) is 5. The van der Waals surface area contributed by atoms with Gasteiger partial charge in [0.05, 0.1) is 6.54 Å². The maximum absolute atomic E-state index is 12.4. The number of carbonyl (C=O) groups is 1. The normalized spacial score (nSPS) is 18.9. The van der Waals surface area contributed by atoms with E-state index in [1.54, 1.807) is 24.0 Å². The first-order valence-electron chi connectivity index (χ1n) is 8.00. The lowest BCUT2D eigenvalue weighted by Gasteiger charge is -2.33. The summed E-state index contributed by atoms with van der Waals surface area (Å²) in [4.78, 5) is 20.5. The third-order valence-electron chi connectivity index (χ3n) is 4.30. The average Bonchev–Trinajstić information content (AvgIpc) is 3.21. The molecule has 2 aromatic rings. The van der Waals surface area contributed by atoms with Crippen molar-refractivity contribution in [2.75, 3.05) is 26.7 Å². The van der Waals surface area contributed by atoms with Crippen molar-refractivity contribution in [2.24, 2.45) is 5.92 Å². The van der Waals surface area contributed by atoms with Crippen LogP contribution in [0.15, 0.2) is 29.5 Å². The maximum Gasteiger partial charge on any atom is 0.236 e. The smallest absolute Gasteiger partial charge is 0.236 e. The Balaban J connectivity index is 1.47. The van der Waals surface area contributed by atoms with Gasteiger partial charge in [-0.05, 0) is 47.7 Å². The quantitative estimate of drug-likeness (QED) is 0.807. The van der Waals surface area contributed by atoms with E-state index in [2.05, 4.69) is 26.4 Å². The van der Waals surface area contributed by atoms with E-state index in [9.17, 15) is 4.79 Å². The van der Waals surface area contributed by atoms with Crippen LogP contribution in [-0.2, 0) is 17.9 Å². The molecule has 7 heteroatoms. The molecule has 124 valence electrons. The van der Waals surface area contributed by atoms with Crippen molar-refractivity contribution in [2.45, 2.75) is 25.9 Å². The Labute approximate surface area is 140 Å². The van der Waals surface area contributed by atoms with Gasteiger partial charge in [-0.3, -0.25) is 14.4 Å². The number of amides is 1. The molecule has 0 spiro atoms. The third kappa shape index (κ3) is 4.62. The molecule has 2 aromatic heterocycles. The first-order chi connectivity index (χ1) is 11.2. The minimum absolute atomic E-state index is 0.192. The van der Waals surface area contributed by atoms with E-state index in [0.717, 1.165) is 26.1 Å². The van der Waals surface area contributed by atoms with Gasteiger partial charge in [-0.15, -0.1) is 0 Å². The molecule has 0 unspecified atom stereocenters. The van der Waals surface area contributed by atoms with Crippen LogP contribution in [0.5, 0.6) is 0 Å². The number of carbonyl (C=O) groups excluding carboxylic acids is 1. The summed E-state index contributed by atoms with van der Waals surface area (Å²) in [5.41, 5.74) is 1.20. The number of rotatable bonds is 6. The highest BCUT2D eigenvalue weighted by atomic mass is 32.1. The molecular weight excluding hydrogens is 310 g/mol. The van der Waals surface area contributed by atoms with Crippen molar-refractivity contribution in [1.82, 2.24) is 24.6 Å². The predicted molar refractivity (Wildman–Crippen MR) is 90.0 cm³/mol. The van der Waals surface area contributed by atoms with Crippen LogP contribution in [0, 0.1) is 5.92 Å². The SMILES string of the molecule is CN(Cc1ccsc1)C(=O)CN1CCC[C@H](Cn2cncn2)C1. The fraction of sp³-hybridized carbons (Fsp3) is 0.562. The van der Waals surface area contributed by atoms with E-state index >= 15 is 0 Å². The number of likely N-dealkylation sites (N-methyl/N-ethyl adjacent to an activating group) is 1. The Morgan fingerprint density at radius 1 is 1.52 bits per heavy atom. The van der Waals surface area contributed by atoms with Gasteiger partial charge in [0.15, 0.2) is 0 Å². The molecule has 0 bridgehead atoms. The Morgan fingerprint density at radius 2 is 2.43 bits per heavy atom. The highest BCUT2D eigenvalue weighted by Crippen LogP contribution is 2.18. The summed E-state index contributed by atoms with van der Waals surface area (Å²) in [6, 6.07) is 2.07. The summed E-state index contributed by atoms with van der Waals surface area (Å²) in [5, 5.41) is 8.32. The first kappa shape index (κ1) is 16.1. The molecule has 1 aliphatic rings. The molecule has 23 heavy (non-hydrogen) atoms. The van der Waals surface area contributed by atoms with E-state index < -0.39 is 0 Å². The molecule has 0 aromatic carbocycles. The van der Waals surface area contributed by atoms with Crippen LogP contribution in [0.4, 0.5) is 0 Å². The summed E-state index contributed by atoms with van der Waals surface area (Å²) >= 11 is 1.67. The summed E-state index contributed by atoms with van der Waals surface area (Å²) in [7, 11) is 1.89. The van der Waals surface area contributed by atoms with Crippen molar-refractivity contribution in [3.05, 3.63) is 35.0 Å². The molecular formula is C16H23N5OS. The topological polar surface area (TPSA) is 54.3 Å². The lowest BCUT2D eigenvalue weighted by atomic mass is 9.98. The molecule has 3 heterocycles. The molecule has 0 aliphatic carbocycles. The number of hydrogen-bond donors (Lipinski definition) is 0. The van der Waals surface area contributed by atoms with Crippen LogP contribution in [0.25, 0.3) is 0 Å². The number of likely N-dealkylation sites (tertiary alicyclic amines) is 1. The summed E-state index contributed by atoms with van der Waals surface area (Å²) in [5.74, 6) is 0.734. The van der Waals surface area contributed by atoms with Crippen molar-refractivity contribution in [3.63, 3.8) is 0 Å². The van der Waals surface area contributed by atoms with Gasteiger partial charge in [0.2, 0.25) is 5.91 Å². The standard InChI is InChI=1S/C16H23N5OS/c1-19(7-15-4-6-23-11-15)16(22)10-20-5-2-3-14(8-20)9-21-13-17-12-18-21/h4,6,11-14H,2-3,5,7-10H2,1H3/t14-/m0/s1. The number of aromatic nitrogens is 3. The largest absolute Gasteiger partial charge is 0.340 e. The summed E-state index contributed by atoms with van der Waals surface area (Å²) < 4.78 is 1.89. The molecule has 1 aliphatic heterocycles. The van der Waals surface area contributed by atoms with Crippen molar-refractivity contribution >= 4 is 17.2 Å². The number of piperidine rings is 1. The van der Waals surface area contributed by atoms with Gasteiger partial charge in [-0.1, -0.05) is 0 Å². The molecule has 0 saturated carbocycles. The van der Waals surface area contributed by atoms with Crippen LogP contribution < -0.4 is 0 Å². The molecule has 1 atom stereocenters. The second-order valence-corrected chi connectivity index (χ2v) is 7.02. The van der Waals surface area contributed by atoms with Crippen LogP contribution >= 0.6 is 11.3 Å². The van der Waals surface area contributed by atoms with Crippen molar-refractivity contribution in [1.29, 1.82) is 0 Å². The zero-order valence-electron chi connectivity index (χ0n) is 13.5. The van der Waals surface area contributed by atoms with E-state index in [0.29, 0.717) is 19.0 Å². The van der Waals surface area contributed by atoms with Gasteiger partial charge in [0.25, 0.3) is 0 Å². The highest BCUT2D eigenvalue weighted by molar-refractivity contribution is 7.07. The van der Waals surface area contributed by atoms with Gasteiger partial charge in [-0.25, -0.2) is 4.98 Å². The Morgan fingerprint density at radius 3 is 3.17 bits per heavy atom. The van der Waals surface area contributed by atoms with Gasteiger partial charge in [-0.2, -0.15) is 16.4 Å². The first-order valence-corrected chi connectivity index (χ1v) is 8.95. The summed E-state index contributed by atoms with van der Waals surface area (Å²) in [6.07, 6.45) is 5.67. The molecule has 0 radical (unpaired) electrons. The number of thiophene rings is 1. The maximum atomic E-state index is 12.4. The van der Waals surface area contributed by atoms with E-state index in [1.807, 2.05) is 22.0 Å². The zero-order valence-corrected chi connectivity index (χ0v) is 14.3. The molecule has 6 nitrogen and oxygen atoms in total. The lowest BCUT2D eigenvalue weighted by Crippen LogP contribution is -2.43. The Bertz CT molecular complexity index is 598. The van der Waals surface area contributed by atoms with Gasteiger partial charge < -0.3 is 4.90 Å². The molecule has 1 fully saturated rings. The Kier molecular flexibility index (Phi) is 5.40. The fourth-order valence-corrected chi connectivity index (χ4v) is 3.75. The van der Waals surface area contributed by atoms with E-state index in [1.165, 1.54) is 12.0 Å². The third-order valence-corrected chi connectivity index (χ3v) is 5.03. The van der Waals surface area contributed by atoms with Gasteiger partial charge >= 0.3 is 0 Å². The van der Waals surface area contributed by atoms with Crippen molar-refractivity contribution < 1.29 is 4.79 Å². The fourth-order valence-electron chi connectivity index (χ4n) is 3.09. The van der Waals surface area contributed by atoms with Gasteiger partial charge in [0, 0.05) is 26.7 Å². The zero-order chi connectivity index (χ0) is 16.1. The van der Waals surface area contributed by atoms with Crippen LogP contribution in [0.3, 0.4) is 0 Å². The average molecular weight is 333 g/mol. The number of hydrogen-bond acceptors (Lipinski definition) is 5. The monoisotopic (exact) mass is 333 g/mol. The molecule has 1 amide bonds. The van der Waals surface area contributed by atoms with Gasteiger partial charge in [0.1, 0.15) is 12.7 Å². The Hall–Kier alpha value is -1.73. The van der Waals surface area contributed by atoms with Crippen molar-refractivity contribution in [3.8, 4) is 0 Å². The van der Waals surface area contributed by atoms with E-state index in [-0.39, 0.29) is 5.91 Å². The molecule has 1 saturated heterocycles. The van der Waals surface area contributed by atoms with E-state index in [4.69, 9.17) is 0 Å². The molecule has 3 rings (SSSR count). The van der Waals surface area contributed by atoms with Crippen LogP contribution in [-0.4, -0.2) is 57.2 Å². The minimum Gasteiger partial charge on any atom is -0.340 e. The minimum atomic E-state index is 0.192. The highest BCUT2D eigenvalue weighted by Gasteiger charge is 2.23.